The Kier molecular flexibility index (Phi) is 4.72. The molecule has 0 saturated carbocycles. The molecule has 1 radical (unpaired) electrons. The lowest BCUT2D eigenvalue weighted by atomic mass is 10.2. The molecule has 0 aromatic rings. The van der Waals surface area contributed by atoms with Crippen LogP contribution in [0.5, 0.6) is 0 Å². The first-order valence-corrected chi connectivity index (χ1v) is 3.17. The van der Waals surface area contributed by atoms with E-state index in [4.69, 9.17) is 9.47 Å². The Balaban J connectivity index is 3.06. The van der Waals surface area contributed by atoms with Gasteiger partial charge in [-0.2, -0.15) is 0 Å². The summed E-state index contributed by atoms with van der Waals surface area (Å²) in [5, 5.41) is 0. The van der Waals surface area contributed by atoms with E-state index in [1.807, 2.05) is 6.92 Å². The third-order valence-corrected chi connectivity index (χ3v) is 0.907. The Bertz CT molecular complexity index is 61.9. The molecule has 0 spiro atoms. The fourth-order valence-corrected chi connectivity index (χ4v) is 0.343. The van der Waals surface area contributed by atoms with E-state index in [9.17, 15) is 0 Å². The molecule has 2 heteroatoms. The Morgan fingerprint density at radius 2 is 2.00 bits per heavy atom. The van der Waals surface area contributed by atoms with E-state index < -0.39 is 0 Å². The van der Waals surface area contributed by atoms with Crippen molar-refractivity contribution in [3.8, 4) is 0 Å². The maximum atomic E-state index is 5.15. The van der Waals surface area contributed by atoms with Crippen LogP contribution in [0.2, 0.25) is 0 Å². The molecule has 0 fully saturated rings. The summed E-state index contributed by atoms with van der Waals surface area (Å²) in [6, 6.07) is 0. The molecule has 55 valence electrons. The number of ether oxygens (including phenoxy) is 2. The van der Waals surface area contributed by atoms with Gasteiger partial charge < -0.3 is 9.47 Å². The van der Waals surface area contributed by atoms with Crippen molar-refractivity contribution in [1.82, 2.24) is 0 Å². The predicted molar refractivity (Wildman–Crippen MR) is 36.7 cm³/mol. The molecule has 0 aromatic carbocycles. The standard InChI is InChI=1S/C7H15O2/c1-6(2)5-9-7(3)8-4/h6H,5H2,1-4H3. The molecule has 0 heterocycles. The molecule has 0 amide bonds. The lowest BCUT2D eigenvalue weighted by Gasteiger charge is -2.10. The highest BCUT2D eigenvalue weighted by molar-refractivity contribution is 4.53. The van der Waals surface area contributed by atoms with Crippen molar-refractivity contribution in [3.63, 3.8) is 0 Å². The van der Waals surface area contributed by atoms with Crippen LogP contribution < -0.4 is 0 Å². The maximum absolute atomic E-state index is 5.15. The lowest BCUT2D eigenvalue weighted by Crippen LogP contribution is -2.06. The second-order valence-electron chi connectivity index (χ2n) is 2.40. The van der Waals surface area contributed by atoms with Crippen molar-refractivity contribution < 1.29 is 9.47 Å². The van der Waals surface area contributed by atoms with Gasteiger partial charge in [-0.25, -0.2) is 0 Å². The van der Waals surface area contributed by atoms with E-state index in [2.05, 4.69) is 13.8 Å². The molecule has 0 aromatic heterocycles. The molecular formula is C7H15O2. The quantitative estimate of drug-likeness (QED) is 0.579. The van der Waals surface area contributed by atoms with E-state index in [1.54, 1.807) is 7.11 Å². The van der Waals surface area contributed by atoms with Crippen LogP contribution >= 0.6 is 0 Å². The summed E-state index contributed by atoms with van der Waals surface area (Å²) in [6.45, 7) is 6.74. The van der Waals surface area contributed by atoms with Crippen LogP contribution in [0.15, 0.2) is 0 Å². The second kappa shape index (κ2) is 4.77. The van der Waals surface area contributed by atoms with Crippen LogP contribution in [0.4, 0.5) is 0 Å². The van der Waals surface area contributed by atoms with Crippen LogP contribution in [0.3, 0.4) is 0 Å². The first-order chi connectivity index (χ1) is 4.16. The third kappa shape index (κ3) is 5.80. The van der Waals surface area contributed by atoms with Gasteiger partial charge in [-0.05, 0) is 12.8 Å². The van der Waals surface area contributed by atoms with Crippen molar-refractivity contribution in [2.45, 2.75) is 20.8 Å². The van der Waals surface area contributed by atoms with Gasteiger partial charge in [0.05, 0.1) is 6.61 Å². The minimum atomic E-state index is 0.565. The monoisotopic (exact) mass is 131 g/mol. The fourth-order valence-electron chi connectivity index (χ4n) is 0.343. The minimum absolute atomic E-state index is 0.565. The van der Waals surface area contributed by atoms with Crippen LogP contribution in [-0.2, 0) is 9.47 Å². The average Bonchev–Trinajstić information content (AvgIpc) is 1.83. The van der Waals surface area contributed by atoms with Crippen molar-refractivity contribution in [2.24, 2.45) is 5.92 Å². The van der Waals surface area contributed by atoms with Crippen LogP contribution in [0, 0.1) is 12.2 Å². The van der Waals surface area contributed by atoms with Gasteiger partial charge in [0.2, 0.25) is 6.29 Å². The lowest BCUT2D eigenvalue weighted by molar-refractivity contribution is -0.0236. The molecular weight excluding hydrogens is 116 g/mol. The Labute approximate surface area is 57.2 Å². The Morgan fingerprint density at radius 1 is 1.44 bits per heavy atom. The van der Waals surface area contributed by atoms with Crippen LogP contribution in [0.1, 0.15) is 20.8 Å². The molecule has 0 bridgehead atoms. The van der Waals surface area contributed by atoms with Crippen molar-refractivity contribution >= 4 is 0 Å². The molecule has 9 heavy (non-hydrogen) atoms. The van der Waals surface area contributed by atoms with E-state index in [1.165, 1.54) is 0 Å². The van der Waals surface area contributed by atoms with Gasteiger partial charge in [0.1, 0.15) is 0 Å². The van der Waals surface area contributed by atoms with Crippen LogP contribution in [0.25, 0.3) is 0 Å². The number of hydrogen-bond donors (Lipinski definition) is 0. The first kappa shape index (κ1) is 8.92. The molecule has 0 unspecified atom stereocenters. The molecule has 0 N–H and O–H groups in total. The summed E-state index contributed by atoms with van der Waals surface area (Å²) in [4.78, 5) is 0. The van der Waals surface area contributed by atoms with Crippen molar-refractivity contribution in [3.05, 3.63) is 6.29 Å². The topological polar surface area (TPSA) is 18.5 Å². The molecule has 0 saturated heterocycles. The molecule has 2 nitrogen and oxygen atoms in total. The summed E-state index contributed by atoms with van der Waals surface area (Å²) in [6.07, 6.45) is 0.642. The smallest absolute Gasteiger partial charge is 0.220 e. The zero-order chi connectivity index (χ0) is 7.28. The van der Waals surface area contributed by atoms with Gasteiger partial charge in [-0.15, -0.1) is 0 Å². The highest BCUT2D eigenvalue weighted by atomic mass is 16.7. The fraction of sp³-hybridized carbons (Fsp3) is 0.857. The normalized spacial score (nSPS) is 11.3. The van der Waals surface area contributed by atoms with Crippen molar-refractivity contribution in [1.29, 1.82) is 0 Å². The Hall–Kier alpha value is -0.0800. The number of methoxy groups -OCH3 is 1. The average molecular weight is 131 g/mol. The molecule has 0 rings (SSSR count). The van der Waals surface area contributed by atoms with E-state index in [0.717, 1.165) is 6.61 Å². The van der Waals surface area contributed by atoms with Gasteiger partial charge in [-0.3, -0.25) is 0 Å². The summed E-state index contributed by atoms with van der Waals surface area (Å²) in [5.74, 6) is 0.565. The van der Waals surface area contributed by atoms with E-state index in [-0.39, 0.29) is 0 Å². The molecule has 0 aliphatic heterocycles. The molecule has 0 atom stereocenters. The van der Waals surface area contributed by atoms with Gasteiger partial charge in [0, 0.05) is 7.11 Å². The zero-order valence-electron chi connectivity index (χ0n) is 6.60. The van der Waals surface area contributed by atoms with Crippen molar-refractivity contribution in [2.75, 3.05) is 13.7 Å². The largest absolute Gasteiger partial charge is 0.349 e. The van der Waals surface area contributed by atoms with Gasteiger partial charge in [0.25, 0.3) is 0 Å². The molecule has 0 aliphatic rings. The summed E-state index contributed by atoms with van der Waals surface area (Å²) >= 11 is 0. The third-order valence-electron chi connectivity index (χ3n) is 0.907. The molecule has 0 aliphatic carbocycles. The Morgan fingerprint density at radius 3 is 2.33 bits per heavy atom. The highest BCUT2D eigenvalue weighted by Gasteiger charge is 2.01. The SMILES string of the molecule is CO[C](C)OCC(C)C. The van der Waals surface area contributed by atoms with Gasteiger partial charge in [0.15, 0.2) is 0 Å². The number of hydrogen-bond acceptors (Lipinski definition) is 2. The predicted octanol–water partition coefficient (Wildman–Crippen LogP) is 1.81. The first-order valence-electron chi connectivity index (χ1n) is 3.17. The number of rotatable bonds is 4. The summed E-state index contributed by atoms with van der Waals surface area (Å²) < 4.78 is 9.94. The summed E-state index contributed by atoms with van der Waals surface area (Å²) in [5.41, 5.74) is 0. The summed E-state index contributed by atoms with van der Waals surface area (Å²) in [7, 11) is 1.61. The van der Waals surface area contributed by atoms with E-state index in [0.29, 0.717) is 12.2 Å². The van der Waals surface area contributed by atoms with Crippen LogP contribution in [-0.4, -0.2) is 13.7 Å². The highest BCUT2D eigenvalue weighted by Crippen LogP contribution is 2.03. The van der Waals surface area contributed by atoms with Gasteiger partial charge >= 0.3 is 0 Å². The maximum Gasteiger partial charge on any atom is 0.220 e. The second-order valence-corrected chi connectivity index (χ2v) is 2.40. The minimum Gasteiger partial charge on any atom is -0.349 e. The zero-order valence-corrected chi connectivity index (χ0v) is 6.60. The van der Waals surface area contributed by atoms with E-state index >= 15 is 0 Å². The van der Waals surface area contributed by atoms with Gasteiger partial charge in [-0.1, -0.05) is 13.8 Å².